The van der Waals surface area contributed by atoms with Gasteiger partial charge in [0.05, 0.1) is 11.9 Å². The Balaban J connectivity index is 2.32. The van der Waals surface area contributed by atoms with Gasteiger partial charge in [-0.15, -0.1) is 0 Å². The van der Waals surface area contributed by atoms with Crippen molar-refractivity contribution >= 4 is 11.5 Å². The Kier molecular flexibility index (Phi) is 2.74. The third-order valence-corrected chi connectivity index (χ3v) is 1.32. The van der Waals surface area contributed by atoms with Crippen molar-refractivity contribution < 1.29 is 5.11 Å². The van der Waals surface area contributed by atoms with Gasteiger partial charge in [0.15, 0.2) is 0 Å². The van der Waals surface area contributed by atoms with E-state index >= 15 is 0 Å². The molecular weight excluding hydrogens is 144 g/mol. The number of aromatic amines is 1. The number of nitrogen functional groups attached to an aromatic ring is 1. The first-order valence-electron chi connectivity index (χ1n) is 3.48. The average Bonchev–Trinajstić information content (AvgIpc) is 2.37. The molecule has 0 fully saturated rings. The summed E-state index contributed by atoms with van der Waals surface area (Å²) in [5.74, 6) is 0.530. The molecule has 0 bridgehead atoms. The van der Waals surface area contributed by atoms with Crippen molar-refractivity contribution in [2.24, 2.45) is 0 Å². The third kappa shape index (κ3) is 2.12. The summed E-state index contributed by atoms with van der Waals surface area (Å²) < 4.78 is 0. The van der Waals surface area contributed by atoms with Crippen LogP contribution in [0.1, 0.15) is 6.42 Å². The number of H-pyrrole nitrogens is 1. The maximum absolute atomic E-state index is 8.47. The highest BCUT2D eigenvalue weighted by atomic mass is 16.3. The zero-order valence-corrected chi connectivity index (χ0v) is 6.17. The molecule has 0 saturated heterocycles. The second-order valence-electron chi connectivity index (χ2n) is 2.20. The minimum absolute atomic E-state index is 0.185. The van der Waals surface area contributed by atoms with Gasteiger partial charge in [0.25, 0.3) is 0 Å². The number of aromatic nitrogens is 2. The molecular formula is C6H12N4O. The van der Waals surface area contributed by atoms with Crippen molar-refractivity contribution in [3.05, 3.63) is 6.20 Å². The van der Waals surface area contributed by atoms with Crippen LogP contribution in [0.3, 0.4) is 0 Å². The van der Waals surface area contributed by atoms with E-state index in [1.165, 1.54) is 0 Å². The standard InChI is InChI=1S/C6H12N4O/c7-6-5(4-9-10-6)8-2-1-3-11/h4,8,11H,1-3H2,(H3,7,9,10). The summed E-state index contributed by atoms with van der Waals surface area (Å²) in [6.45, 7) is 0.894. The second-order valence-corrected chi connectivity index (χ2v) is 2.20. The lowest BCUT2D eigenvalue weighted by molar-refractivity contribution is 0.292. The van der Waals surface area contributed by atoms with Gasteiger partial charge in [-0.05, 0) is 6.42 Å². The van der Waals surface area contributed by atoms with Crippen LogP contribution in [0.15, 0.2) is 6.20 Å². The zero-order chi connectivity index (χ0) is 8.10. The van der Waals surface area contributed by atoms with Crippen LogP contribution in [0.4, 0.5) is 11.5 Å². The number of anilines is 2. The van der Waals surface area contributed by atoms with Gasteiger partial charge in [-0.2, -0.15) is 5.10 Å². The molecule has 1 rings (SSSR count). The highest BCUT2D eigenvalue weighted by Gasteiger charge is 1.97. The van der Waals surface area contributed by atoms with Gasteiger partial charge in [-0.3, -0.25) is 5.10 Å². The van der Waals surface area contributed by atoms with Gasteiger partial charge in [0.1, 0.15) is 5.82 Å². The smallest absolute Gasteiger partial charge is 0.142 e. The van der Waals surface area contributed by atoms with Gasteiger partial charge >= 0.3 is 0 Å². The van der Waals surface area contributed by atoms with Gasteiger partial charge < -0.3 is 16.2 Å². The molecule has 0 unspecified atom stereocenters. The maximum Gasteiger partial charge on any atom is 0.142 e. The highest BCUT2D eigenvalue weighted by Crippen LogP contribution is 2.11. The molecule has 0 aliphatic heterocycles. The van der Waals surface area contributed by atoms with Crippen LogP contribution >= 0.6 is 0 Å². The van der Waals surface area contributed by atoms with Crippen molar-refractivity contribution in [1.82, 2.24) is 10.2 Å². The summed E-state index contributed by atoms with van der Waals surface area (Å²) in [6.07, 6.45) is 2.33. The Hall–Kier alpha value is -1.23. The largest absolute Gasteiger partial charge is 0.396 e. The number of aliphatic hydroxyl groups is 1. The SMILES string of the molecule is Nc1[nH]ncc1NCCCO. The first-order chi connectivity index (χ1) is 5.34. The zero-order valence-electron chi connectivity index (χ0n) is 6.17. The summed E-state index contributed by atoms with van der Waals surface area (Å²) in [4.78, 5) is 0. The summed E-state index contributed by atoms with van der Waals surface area (Å²) in [6, 6.07) is 0. The summed E-state index contributed by atoms with van der Waals surface area (Å²) in [5.41, 5.74) is 6.27. The van der Waals surface area contributed by atoms with Crippen molar-refractivity contribution in [2.75, 3.05) is 24.2 Å². The molecule has 5 N–H and O–H groups in total. The fraction of sp³-hybridized carbons (Fsp3) is 0.500. The molecule has 1 heterocycles. The molecule has 62 valence electrons. The van der Waals surface area contributed by atoms with E-state index in [-0.39, 0.29) is 6.61 Å². The van der Waals surface area contributed by atoms with Crippen LogP contribution in [0.5, 0.6) is 0 Å². The molecule has 5 heteroatoms. The van der Waals surface area contributed by atoms with E-state index in [1.807, 2.05) is 0 Å². The van der Waals surface area contributed by atoms with Crippen molar-refractivity contribution in [3.63, 3.8) is 0 Å². The maximum atomic E-state index is 8.47. The number of hydrogen-bond acceptors (Lipinski definition) is 4. The minimum Gasteiger partial charge on any atom is -0.396 e. The monoisotopic (exact) mass is 156 g/mol. The first-order valence-corrected chi connectivity index (χ1v) is 3.48. The molecule has 0 aliphatic carbocycles. The topological polar surface area (TPSA) is 87.0 Å². The third-order valence-electron chi connectivity index (χ3n) is 1.32. The van der Waals surface area contributed by atoms with Gasteiger partial charge in [-0.25, -0.2) is 0 Å². The number of nitrogens with one attached hydrogen (secondary N) is 2. The van der Waals surface area contributed by atoms with Crippen molar-refractivity contribution in [2.45, 2.75) is 6.42 Å². The Morgan fingerprint density at radius 1 is 1.73 bits per heavy atom. The fourth-order valence-corrected chi connectivity index (χ4v) is 0.739. The molecule has 11 heavy (non-hydrogen) atoms. The Morgan fingerprint density at radius 2 is 2.55 bits per heavy atom. The van der Waals surface area contributed by atoms with Crippen LogP contribution < -0.4 is 11.1 Å². The molecule has 0 aliphatic rings. The van der Waals surface area contributed by atoms with Crippen molar-refractivity contribution in [3.8, 4) is 0 Å². The van der Waals surface area contributed by atoms with Crippen LogP contribution in [0.25, 0.3) is 0 Å². The van der Waals surface area contributed by atoms with E-state index in [0.717, 1.165) is 5.69 Å². The number of nitrogens with two attached hydrogens (primary N) is 1. The van der Waals surface area contributed by atoms with Gasteiger partial charge in [0.2, 0.25) is 0 Å². The molecule has 0 atom stereocenters. The first kappa shape index (κ1) is 7.87. The predicted molar refractivity (Wildman–Crippen MR) is 43.2 cm³/mol. The van der Waals surface area contributed by atoms with E-state index in [9.17, 15) is 0 Å². The van der Waals surface area contributed by atoms with Crippen molar-refractivity contribution in [1.29, 1.82) is 0 Å². The Labute approximate surface area is 64.6 Å². The molecule has 0 spiro atoms. The quantitative estimate of drug-likeness (QED) is 0.454. The number of nitrogens with zero attached hydrogens (tertiary/aromatic N) is 1. The average molecular weight is 156 g/mol. The number of rotatable bonds is 4. The van der Waals surface area contributed by atoms with E-state index in [4.69, 9.17) is 10.8 Å². The summed E-state index contributed by atoms with van der Waals surface area (Å²) in [7, 11) is 0. The minimum atomic E-state index is 0.185. The molecule has 0 radical (unpaired) electrons. The summed E-state index contributed by atoms with van der Waals surface area (Å²) >= 11 is 0. The van der Waals surface area contributed by atoms with E-state index in [2.05, 4.69) is 15.5 Å². The van der Waals surface area contributed by atoms with Crippen LogP contribution in [-0.4, -0.2) is 28.5 Å². The molecule has 1 aromatic rings. The second kappa shape index (κ2) is 3.82. The lowest BCUT2D eigenvalue weighted by atomic mass is 10.4. The van der Waals surface area contributed by atoms with Gasteiger partial charge in [0, 0.05) is 13.2 Å². The fourth-order valence-electron chi connectivity index (χ4n) is 0.739. The molecule has 1 aromatic heterocycles. The van der Waals surface area contributed by atoms with E-state index < -0.39 is 0 Å². The lowest BCUT2D eigenvalue weighted by Crippen LogP contribution is -2.04. The molecule has 5 nitrogen and oxygen atoms in total. The lowest BCUT2D eigenvalue weighted by Gasteiger charge is -2.01. The number of hydrogen-bond donors (Lipinski definition) is 4. The molecule has 0 saturated carbocycles. The Morgan fingerprint density at radius 3 is 3.09 bits per heavy atom. The summed E-state index contributed by atoms with van der Waals surface area (Å²) in [5, 5.41) is 17.8. The normalized spacial score (nSPS) is 9.91. The van der Waals surface area contributed by atoms with Crippen LogP contribution in [0.2, 0.25) is 0 Å². The van der Waals surface area contributed by atoms with Gasteiger partial charge in [-0.1, -0.05) is 0 Å². The highest BCUT2D eigenvalue weighted by molar-refractivity contribution is 5.59. The number of aliphatic hydroxyl groups excluding tert-OH is 1. The predicted octanol–water partition coefficient (Wildman–Crippen LogP) is -0.214. The van der Waals surface area contributed by atoms with E-state index in [0.29, 0.717) is 18.8 Å². The van der Waals surface area contributed by atoms with Crippen LogP contribution in [-0.2, 0) is 0 Å². The molecule has 0 amide bonds. The van der Waals surface area contributed by atoms with E-state index in [1.54, 1.807) is 6.20 Å². The Bertz CT molecular complexity index is 210. The van der Waals surface area contributed by atoms with Crippen LogP contribution in [0, 0.1) is 0 Å². The molecule has 0 aromatic carbocycles.